The van der Waals surface area contributed by atoms with Gasteiger partial charge in [0.25, 0.3) is 0 Å². The molecule has 3 N–H and O–H groups in total. The van der Waals surface area contributed by atoms with Crippen LogP contribution in [-0.4, -0.2) is 33.6 Å². The number of carboxylic acids is 1. The van der Waals surface area contributed by atoms with Crippen molar-refractivity contribution < 1.29 is 25.2 Å². The number of allylic oxidation sites excluding steroid dienone is 5. The highest BCUT2D eigenvalue weighted by molar-refractivity contribution is 5.66. The van der Waals surface area contributed by atoms with Crippen molar-refractivity contribution in [3.8, 4) is 0 Å². The van der Waals surface area contributed by atoms with Crippen molar-refractivity contribution in [1.82, 2.24) is 0 Å². The van der Waals surface area contributed by atoms with Gasteiger partial charge in [-0.15, -0.1) is 0 Å². The van der Waals surface area contributed by atoms with Gasteiger partial charge in [-0.05, 0) is 32.1 Å². The molecule has 0 aliphatic carbocycles. The molecule has 0 amide bonds. The highest BCUT2D eigenvalue weighted by Crippen LogP contribution is 2.06. The maximum absolute atomic E-state index is 10.4. The Labute approximate surface area is 151 Å². The van der Waals surface area contributed by atoms with Crippen molar-refractivity contribution in [2.45, 2.75) is 70.5 Å². The summed E-state index contributed by atoms with van der Waals surface area (Å²) in [5.74, 6) is -0.861. The van der Waals surface area contributed by atoms with Crippen LogP contribution >= 0.6 is 0 Å². The lowest BCUT2D eigenvalue weighted by Gasteiger charge is -2.06. The fraction of sp³-hybridized carbons (Fsp3) is 0.550. The van der Waals surface area contributed by atoms with Gasteiger partial charge in [0.15, 0.2) is 0 Å². The van der Waals surface area contributed by atoms with Gasteiger partial charge in [0.05, 0.1) is 6.10 Å². The fourth-order valence-electron chi connectivity index (χ4n) is 2.09. The van der Waals surface area contributed by atoms with Gasteiger partial charge in [-0.2, -0.15) is 0 Å². The SMILES string of the molecule is CCCCC/C=C\C[C@@H](O)/C=C/C=C/C=C\[C@H](CCCC(=O)O)OO. The van der Waals surface area contributed by atoms with Gasteiger partial charge in [-0.1, -0.05) is 68.4 Å². The fourth-order valence-corrected chi connectivity index (χ4v) is 2.09. The molecule has 0 radical (unpaired) electrons. The molecule has 0 aromatic rings. The summed E-state index contributed by atoms with van der Waals surface area (Å²) in [4.78, 5) is 14.7. The molecule has 0 aromatic carbocycles. The standard InChI is InChI=1S/C20H32O5/c1-2-3-4-5-6-9-13-18(21)14-10-7-8-11-15-19(25-24)16-12-17-20(22)23/h6-11,14-15,18-19,21,24H,2-5,12-13,16-17H2,1H3,(H,22,23)/b8-7+,9-6-,14-10+,15-11-/t18-,19-/m1/s1. The third-order valence-electron chi connectivity index (χ3n) is 3.53. The zero-order valence-corrected chi connectivity index (χ0v) is 15.1. The molecule has 0 saturated heterocycles. The lowest BCUT2D eigenvalue weighted by Crippen LogP contribution is -2.08. The van der Waals surface area contributed by atoms with Gasteiger partial charge < -0.3 is 10.2 Å². The lowest BCUT2D eigenvalue weighted by molar-refractivity contribution is -0.267. The summed E-state index contributed by atoms with van der Waals surface area (Å²) in [6.45, 7) is 2.18. The van der Waals surface area contributed by atoms with Crippen LogP contribution in [0.25, 0.3) is 0 Å². The number of hydrogen-bond acceptors (Lipinski definition) is 4. The van der Waals surface area contributed by atoms with E-state index in [1.54, 1.807) is 36.5 Å². The van der Waals surface area contributed by atoms with Crippen molar-refractivity contribution in [1.29, 1.82) is 0 Å². The summed E-state index contributed by atoms with van der Waals surface area (Å²) in [5.41, 5.74) is 0. The Kier molecular flexibility index (Phi) is 16.0. The van der Waals surface area contributed by atoms with Crippen LogP contribution in [0.2, 0.25) is 0 Å². The lowest BCUT2D eigenvalue weighted by atomic mass is 10.1. The third kappa shape index (κ3) is 16.9. The average molecular weight is 352 g/mol. The Balaban J connectivity index is 3.95. The molecular weight excluding hydrogens is 320 g/mol. The van der Waals surface area contributed by atoms with E-state index in [1.807, 2.05) is 6.08 Å². The zero-order chi connectivity index (χ0) is 18.8. The van der Waals surface area contributed by atoms with E-state index in [4.69, 9.17) is 10.4 Å². The van der Waals surface area contributed by atoms with Crippen LogP contribution in [0.3, 0.4) is 0 Å². The first-order valence-corrected chi connectivity index (χ1v) is 8.96. The van der Waals surface area contributed by atoms with E-state index in [0.717, 1.165) is 6.42 Å². The molecule has 2 atom stereocenters. The predicted octanol–water partition coefficient (Wildman–Crippen LogP) is 4.66. The predicted molar refractivity (Wildman–Crippen MR) is 100 cm³/mol. The minimum Gasteiger partial charge on any atom is -0.481 e. The Morgan fingerprint density at radius 2 is 1.76 bits per heavy atom. The van der Waals surface area contributed by atoms with Gasteiger partial charge in [0.1, 0.15) is 6.10 Å². The second kappa shape index (κ2) is 17.1. The summed E-state index contributed by atoms with van der Waals surface area (Å²) in [6, 6.07) is 0. The van der Waals surface area contributed by atoms with Crippen molar-refractivity contribution in [2.24, 2.45) is 0 Å². The molecule has 0 saturated carbocycles. The monoisotopic (exact) mass is 352 g/mol. The summed E-state index contributed by atoms with van der Waals surface area (Å²) in [7, 11) is 0. The minimum atomic E-state index is -0.861. The van der Waals surface area contributed by atoms with Crippen LogP contribution in [0, 0.1) is 0 Å². The number of hydrogen-bond donors (Lipinski definition) is 3. The zero-order valence-electron chi connectivity index (χ0n) is 15.1. The Morgan fingerprint density at radius 1 is 1.04 bits per heavy atom. The second-order valence-corrected chi connectivity index (χ2v) is 5.85. The first-order valence-electron chi connectivity index (χ1n) is 8.96. The van der Waals surface area contributed by atoms with Gasteiger partial charge in [0, 0.05) is 6.42 Å². The second-order valence-electron chi connectivity index (χ2n) is 5.85. The molecule has 0 aromatic heterocycles. The summed E-state index contributed by atoms with van der Waals surface area (Å²) in [5, 5.41) is 27.1. The summed E-state index contributed by atoms with van der Waals surface area (Å²) >= 11 is 0. The van der Waals surface area contributed by atoms with Gasteiger partial charge in [0.2, 0.25) is 0 Å². The molecule has 0 heterocycles. The summed E-state index contributed by atoms with van der Waals surface area (Å²) in [6.07, 6.45) is 19.7. The van der Waals surface area contributed by atoms with E-state index in [1.165, 1.54) is 19.3 Å². The molecule has 0 spiro atoms. The highest BCUT2D eigenvalue weighted by atomic mass is 17.1. The van der Waals surface area contributed by atoms with E-state index in [-0.39, 0.29) is 6.42 Å². The molecule has 25 heavy (non-hydrogen) atoms. The van der Waals surface area contributed by atoms with Crippen LogP contribution in [-0.2, 0) is 9.68 Å². The minimum absolute atomic E-state index is 0.0528. The molecule has 5 nitrogen and oxygen atoms in total. The first kappa shape index (κ1) is 23.3. The normalized spacial score (nSPS) is 15.0. The molecule has 0 aliphatic rings. The van der Waals surface area contributed by atoms with E-state index in [2.05, 4.69) is 17.9 Å². The van der Waals surface area contributed by atoms with Crippen LogP contribution in [0.5, 0.6) is 0 Å². The maximum atomic E-state index is 10.4. The van der Waals surface area contributed by atoms with Gasteiger partial charge in [-0.25, -0.2) is 4.89 Å². The van der Waals surface area contributed by atoms with E-state index >= 15 is 0 Å². The van der Waals surface area contributed by atoms with Gasteiger partial charge in [-0.3, -0.25) is 10.1 Å². The Bertz CT molecular complexity index is 437. The number of unbranched alkanes of at least 4 members (excludes halogenated alkanes) is 3. The number of rotatable bonds is 15. The van der Waals surface area contributed by atoms with Crippen molar-refractivity contribution >= 4 is 5.97 Å². The van der Waals surface area contributed by atoms with Crippen LogP contribution < -0.4 is 0 Å². The molecule has 0 rings (SSSR count). The van der Waals surface area contributed by atoms with Crippen molar-refractivity contribution in [3.63, 3.8) is 0 Å². The van der Waals surface area contributed by atoms with E-state index in [9.17, 15) is 9.90 Å². The molecule has 0 fully saturated rings. The maximum Gasteiger partial charge on any atom is 0.303 e. The molecular formula is C20H32O5. The topological polar surface area (TPSA) is 87.0 Å². The average Bonchev–Trinajstić information content (AvgIpc) is 2.59. The number of aliphatic carboxylic acids is 1. The smallest absolute Gasteiger partial charge is 0.303 e. The Hall–Kier alpha value is -1.69. The number of aliphatic hydroxyl groups excluding tert-OH is 1. The molecule has 5 heteroatoms. The molecule has 0 unspecified atom stereocenters. The van der Waals surface area contributed by atoms with E-state index < -0.39 is 18.2 Å². The van der Waals surface area contributed by atoms with Crippen molar-refractivity contribution in [2.75, 3.05) is 0 Å². The first-order chi connectivity index (χ1) is 12.1. The molecule has 0 aliphatic heterocycles. The Morgan fingerprint density at radius 3 is 2.40 bits per heavy atom. The number of carbonyl (C=O) groups is 1. The van der Waals surface area contributed by atoms with Crippen LogP contribution in [0.4, 0.5) is 0 Å². The number of aliphatic hydroxyl groups is 1. The summed E-state index contributed by atoms with van der Waals surface area (Å²) < 4.78 is 0. The van der Waals surface area contributed by atoms with E-state index in [0.29, 0.717) is 19.3 Å². The highest BCUT2D eigenvalue weighted by Gasteiger charge is 2.05. The van der Waals surface area contributed by atoms with Crippen molar-refractivity contribution in [3.05, 3.63) is 48.6 Å². The molecule has 0 bridgehead atoms. The van der Waals surface area contributed by atoms with Crippen LogP contribution in [0.15, 0.2) is 48.6 Å². The molecule has 142 valence electrons. The largest absolute Gasteiger partial charge is 0.481 e. The number of carboxylic acid groups (broad SMARTS) is 1. The van der Waals surface area contributed by atoms with Gasteiger partial charge >= 0.3 is 5.97 Å². The van der Waals surface area contributed by atoms with Crippen LogP contribution in [0.1, 0.15) is 58.3 Å². The third-order valence-corrected chi connectivity index (χ3v) is 3.53. The quantitative estimate of drug-likeness (QED) is 0.131.